The monoisotopic (exact) mass is 356 g/mol. The summed E-state index contributed by atoms with van der Waals surface area (Å²) in [5, 5.41) is 3.75. The molecule has 24 heavy (non-hydrogen) atoms. The number of benzene rings is 1. The van der Waals surface area contributed by atoms with E-state index < -0.39 is 12.0 Å². The van der Waals surface area contributed by atoms with E-state index in [-0.39, 0.29) is 5.95 Å². The molecule has 0 spiro atoms. The van der Waals surface area contributed by atoms with Crippen molar-refractivity contribution in [2.45, 2.75) is 43.2 Å². The molecule has 1 aromatic heterocycles. The highest BCUT2D eigenvalue weighted by atomic mass is 32.1. The zero-order chi connectivity index (χ0) is 17.6. The number of nitrogens with zero attached hydrogens (tertiary/aromatic N) is 4. The lowest BCUT2D eigenvalue weighted by Gasteiger charge is -2.17. The van der Waals surface area contributed by atoms with Crippen molar-refractivity contribution >= 4 is 18.6 Å². The summed E-state index contributed by atoms with van der Waals surface area (Å²) in [6, 6.07) is 3.85. The normalized spacial score (nSPS) is 15.0. The van der Waals surface area contributed by atoms with Gasteiger partial charge < -0.3 is 4.90 Å². The zero-order valence-corrected chi connectivity index (χ0v) is 14.6. The minimum absolute atomic E-state index is 0.154. The molecular weight excluding hydrogens is 337 g/mol. The summed E-state index contributed by atoms with van der Waals surface area (Å²) in [4.78, 5) is 5.97. The summed E-state index contributed by atoms with van der Waals surface area (Å²) in [5.74, 6) is -0.609. The van der Waals surface area contributed by atoms with Crippen LogP contribution in [0.15, 0.2) is 17.0 Å². The molecule has 0 bridgehead atoms. The van der Waals surface area contributed by atoms with Gasteiger partial charge in [0.25, 0.3) is 5.82 Å². The summed E-state index contributed by atoms with van der Waals surface area (Å²) in [6.45, 7) is 2.04. The molecule has 1 aliphatic carbocycles. The van der Waals surface area contributed by atoms with Crippen molar-refractivity contribution in [3.05, 3.63) is 29.1 Å². The Morgan fingerprint density at radius 1 is 1.29 bits per heavy atom. The lowest BCUT2D eigenvalue weighted by molar-refractivity contribution is -0.144. The average molecular weight is 356 g/mol. The Morgan fingerprint density at radius 3 is 2.46 bits per heavy atom. The van der Waals surface area contributed by atoms with Crippen LogP contribution in [0.3, 0.4) is 0 Å². The van der Waals surface area contributed by atoms with E-state index in [4.69, 9.17) is 0 Å². The molecule has 0 saturated heterocycles. The van der Waals surface area contributed by atoms with Crippen molar-refractivity contribution in [3.63, 3.8) is 0 Å². The number of alkyl halides is 3. The Labute approximate surface area is 144 Å². The highest BCUT2D eigenvalue weighted by molar-refractivity contribution is 7.80. The quantitative estimate of drug-likeness (QED) is 0.838. The fourth-order valence-corrected chi connectivity index (χ4v) is 3.05. The van der Waals surface area contributed by atoms with Gasteiger partial charge in [0.1, 0.15) is 0 Å². The van der Waals surface area contributed by atoms with E-state index in [1.54, 1.807) is 20.2 Å². The maximum atomic E-state index is 13.1. The highest BCUT2D eigenvalue weighted by Gasteiger charge is 2.38. The second kappa shape index (κ2) is 5.98. The fraction of sp³-hybridized carbons (Fsp3) is 0.500. The van der Waals surface area contributed by atoms with Crippen LogP contribution in [0.4, 0.5) is 19.1 Å². The lowest BCUT2D eigenvalue weighted by atomic mass is 10.0. The van der Waals surface area contributed by atoms with Crippen molar-refractivity contribution in [1.29, 1.82) is 0 Å². The van der Waals surface area contributed by atoms with E-state index in [9.17, 15) is 13.2 Å². The molecule has 4 nitrogen and oxygen atoms in total. The number of halogens is 3. The molecule has 1 heterocycles. The van der Waals surface area contributed by atoms with Gasteiger partial charge in [-0.15, -0.1) is 17.7 Å². The number of thiol groups is 1. The van der Waals surface area contributed by atoms with Gasteiger partial charge >= 0.3 is 6.18 Å². The molecule has 1 aliphatic rings. The number of hydrogen-bond acceptors (Lipinski definition) is 4. The van der Waals surface area contributed by atoms with Crippen LogP contribution in [0.25, 0.3) is 5.69 Å². The van der Waals surface area contributed by atoms with E-state index in [0.29, 0.717) is 11.6 Å². The lowest BCUT2D eigenvalue weighted by Crippen LogP contribution is -2.16. The number of anilines is 1. The van der Waals surface area contributed by atoms with Gasteiger partial charge in [0.05, 0.1) is 5.69 Å². The van der Waals surface area contributed by atoms with Gasteiger partial charge in [-0.2, -0.15) is 22.8 Å². The first kappa shape index (κ1) is 17.1. The Balaban J connectivity index is 2.21. The van der Waals surface area contributed by atoms with Crippen LogP contribution in [0.2, 0.25) is 0 Å². The molecule has 0 unspecified atom stereocenters. The number of hydrogen-bond donors (Lipinski definition) is 1. The smallest absolute Gasteiger partial charge is 0.347 e. The third kappa shape index (κ3) is 3.11. The minimum atomic E-state index is -4.58. The summed E-state index contributed by atoms with van der Waals surface area (Å²) in [7, 11) is 3.30. The number of aryl methyl sites for hydroxylation is 1. The molecule has 0 aliphatic heterocycles. The predicted octanol–water partition coefficient (Wildman–Crippen LogP) is 4.08. The molecule has 1 aromatic carbocycles. The van der Waals surface area contributed by atoms with Crippen LogP contribution in [0, 0.1) is 0 Å². The largest absolute Gasteiger partial charge is 0.453 e. The SMILES string of the molecule is CCc1cc(C2CC2)c(-n2nc(C(F)(F)F)nc2N(C)C)cc1S. The molecule has 0 amide bonds. The van der Waals surface area contributed by atoms with Crippen LogP contribution < -0.4 is 4.90 Å². The second-order valence-electron chi connectivity index (χ2n) is 6.21. The molecule has 3 rings (SSSR count). The summed E-state index contributed by atoms with van der Waals surface area (Å²) in [5.41, 5.74) is 2.74. The van der Waals surface area contributed by atoms with E-state index in [2.05, 4.69) is 22.7 Å². The Morgan fingerprint density at radius 2 is 1.96 bits per heavy atom. The standard InChI is InChI=1S/C16H19F3N4S/c1-4-9-7-11(10-5-6-10)12(8-13(9)24)23-15(22(2)3)20-14(21-23)16(17,18)19/h7-8,10,24H,4-6H2,1-3H3. The summed E-state index contributed by atoms with van der Waals surface area (Å²) >= 11 is 4.49. The van der Waals surface area contributed by atoms with Crippen molar-refractivity contribution in [2.75, 3.05) is 19.0 Å². The zero-order valence-electron chi connectivity index (χ0n) is 13.7. The van der Waals surface area contributed by atoms with Crippen molar-refractivity contribution < 1.29 is 13.2 Å². The molecule has 0 atom stereocenters. The van der Waals surface area contributed by atoms with Gasteiger partial charge in [-0.05, 0) is 42.4 Å². The maximum Gasteiger partial charge on any atom is 0.453 e. The molecule has 1 fully saturated rings. The molecule has 8 heteroatoms. The summed E-state index contributed by atoms with van der Waals surface area (Å²) < 4.78 is 40.5. The maximum absolute atomic E-state index is 13.1. The molecule has 2 aromatic rings. The molecule has 0 radical (unpaired) electrons. The van der Waals surface area contributed by atoms with E-state index in [1.807, 2.05) is 13.0 Å². The van der Waals surface area contributed by atoms with Gasteiger partial charge in [0.2, 0.25) is 5.95 Å². The van der Waals surface area contributed by atoms with Gasteiger partial charge in [-0.25, -0.2) is 0 Å². The van der Waals surface area contributed by atoms with Crippen LogP contribution >= 0.6 is 12.6 Å². The third-order valence-electron chi connectivity index (χ3n) is 4.10. The Hall–Kier alpha value is -1.70. The Bertz CT molecular complexity index is 763. The van der Waals surface area contributed by atoms with Gasteiger partial charge in [-0.1, -0.05) is 13.0 Å². The molecule has 1 saturated carbocycles. The van der Waals surface area contributed by atoms with Crippen molar-refractivity contribution in [2.24, 2.45) is 0 Å². The predicted molar refractivity (Wildman–Crippen MR) is 89.3 cm³/mol. The molecular formula is C16H19F3N4S. The first-order valence-electron chi connectivity index (χ1n) is 7.80. The van der Waals surface area contributed by atoms with Gasteiger partial charge in [0, 0.05) is 19.0 Å². The third-order valence-corrected chi connectivity index (χ3v) is 4.51. The average Bonchev–Trinajstić information content (AvgIpc) is 3.22. The Kier molecular flexibility index (Phi) is 4.27. The second-order valence-corrected chi connectivity index (χ2v) is 6.69. The number of aromatic nitrogens is 3. The van der Waals surface area contributed by atoms with E-state index in [1.165, 1.54) is 9.58 Å². The first-order valence-corrected chi connectivity index (χ1v) is 8.24. The summed E-state index contributed by atoms with van der Waals surface area (Å²) in [6.07, 6.45) is -1.67. The molecule has 130 valence electrons. The van der Waals surface area contributed by atoms with Crippen LogP contribution in [-0.2, 0) is 12.6 Å². The van der Waals surface area contributed by atoms with Gasteiger partial charge in [-0.3, -0.25) is 0 Å². The molecule has 0 N–H and O–H groups in total. The van der Waals surface area contributed by atoms with Crippen molar-refractivity contribution in [3.8, 4) is 5.69 Å². The van der Waals surface area contributed by atoms with E-state index in [0.717, 1.165) is 35.3 Å². The minimum Gasteiger partial charge on any atom is -0.347 e. The van der Waals surface area contributed by atoms with Crippen LogP contribution in [0.5, 0.6) is 0 Å². The van der Waals surface area contributed by atoms with E-state index >= 15 is 0 Å². The van der Waals surface area contributed by atoms with Crippen LogP contribution in [-0.4, -0.2) is 28.9 Å². The topological polar surface area (TPSA) is 34.0 Å². The van der Waals surface area contributed by atoms with Gasteiger partial charge in [0.15, 0.2) is 0 Å². The first-order chi connectivity index (χ1) is 11.2. The fourth-order valence-electron chi connectivity index (χ4n) is 2.70. The van der Waals surface area contributed by atoms with Crippen molar-refractivity contribution in [1.82, 2.24) is 14.8 Å². The highest BCUT2D eigenvalue weighted by Crippen LogP contribution is 2.44. The van der Waals surface area contributed by atoms with Crippen LogP contribution in [0.1, 0.15) is 42.6 Å². The number of rotatable bonds is 4.